The normalized spacial score (nSPS) is 13.6. The highest BCUT2D eigenvalue weighted by Gasteiger charge is 2.31. The van der Waals surface area contributed by atoms with Crippen LogP contribution in [0.4, 0.5) is 0 Å². The quantitative estimate of drug-likeness (QED) is 0.0824. The average Bonchev–Trinajstić information content (AvgIpc) is 3.30. The van der Waals surface area contributed by atoms with Crippen LogP contribution in [0.1, 0.15) is 112 Å². The number of rotatable bonds is 19. The third kappa shape index (κ3) is 11.4. The summed E-state index contributed by atoms with van der Waals surface area (Å²) in [5.41, 5.74) is 3.20. The molecule has 8 nitrogen and oxygen atoms in total. The Balaban J connectivity index is 1.57. The van der Waals surface area contributed by atoms with Crippen molar-refractivity contribution in [1.82, 2.24) is 0 Å². The van der Waals surface area contributed by atoms with Gasteiger partial charge in [-0.3, -0.25) is 9.59 Å². The Morgan fingerprint density at radius 3 is 2.37 bits per heavy atom. The molecule has 1 atom stereocenters. The molecule has 41 heavy (non-hydrogen) atoms. The number of phenolic OH excluding ortho intramolecular Hbond substituents is 1. The van der Waals surface area contributed by atoms with Gasteiger partial charge in [0.2, 0.25) is 0 Å². The summed E-state index contributed by atoms with van der Waals surface area (Å²) in [6, 6.07) is 0. The van der Waals surface area contributed by atoms with Gasteiger partial charge in [0.25, 0.3) is 0 Å². The van der Waals surface area contributed by atoms with E-state index in [-0.39, 0.29) is 29.9 Å². The molecule has 0 aliphatic carbocycles. The standard InChI is InChI=1S/C33H48O8/c1-22(2)41-29(35)20-24(4)14-12-10-8-7-9-11-13-19-39-28(34)18-16-23(3)15-17-26-31(36)30-27(21-40-33(30)37)25(5)32(26)38-6/h15,22,24,36H,1-2,7-14,16-21H2,3-6H3/b23-15+. The maximum absolute atomic E-state index is 12.2. The lowest BCUT2D eigenvalue weighted by Crippen LogP contribution is -2.14. The summed E-state index contributed by atoms with van der Waals surface area (Å²) in [4.78, 5) is 35.9. The number of phenols is 1. The summed E-state index contributed by atoms with van der Waals surface area (Å²) < 4.78 is 21.0. The predicted molar refractivity (Wildman–Crippen MR) is 157 cm³/mol. The minimum atomic E-state index is -0.547. The molecule has 0 bridgehead atoms. The molecule has 228 valence electrons. The third-order valence-corrected chi connectivity index (χ3v) is 7.44. The van der Waals surface area contributed by atoms with E-state index in [1.54, 1.807) is 0 Å². The number of methoxy groups -OCH3 is 1. The number of ether oxygens (including phenoxy) is 4. The fourth-order valence-corrected chi connectivity index (χ4v) is 5.06. The monoisotopic (exact) mass is 572 g/mol. The molecule has 1 heterocycles. The van der Waals surface area contributed by atoms with Crippen LogP contribution in [0.15, 0.2) is 11.6 Å². The summed E-state index contributed by atoms with van der Waals surface area (Å²) in [7, 11) is 1.54. The van der Waals surface area contributed by atoms with Gasteiger partial charge in [-0.1, -0.05) is 63.5 Å². The molecular formula is C33H48O8. The molecule has 1 aromatic rings. The number of aromatic hydroxyl groups is 1. The van der Waals surface area contributed by atoms with E-state index in [1.165, 1.54) is 13.5 Å². The number of unbranched alkanes of at least 4 members (excludes halogenated alkanes) is 6. The number of allylic oxidation sites excluding steroid dienone is 2. The van der Waals surface area contributed by atoms with Crippen molar-refractivity contribution in [2.24, 2.45) is 5.92 Å². The first-order valence-electron chi connectivity index (χ1n) is 14.8. The van der Waals surface area contributed by atoms with Gasteiger partial charge in [-0.15, -0.1) is 0 Å². The fraction of sp³-hybridized carbons (Fsp3) is 0.606. The number of hydrogen-bond donors (Lipinski definition) is 1. The topological polar surface area (TPSA) is 108 Å². The molecule has 0 saturated heterocycles. The first-order chi connectivity index (χ1) is 19.5. The van der Waals surface area contributed by atoms with Crippen LogP contribution in [0.2, 0.25) is 0 Å². The minimum absolute atomic E-state index is 0.0972. The van der Waals surface area contributed by atoms with Crippen molar-refractivity contribution in [3.05, 3.63) is 47.8 Å². The number of hydrogen-bond acceptors (Lipinski definition) is 8. The highest BCUT2D eigenvalue weighted by Crippen LogP contribution is 2.42. The fourth-order valence-electron chi connectivity index (χ4n) is 5.06. The Morgan fingerprint density at radius 1 is 1.05 bits per heavy atom. The summed E-state index contributed by atoms with van der Waals surface area (Å²) in [6.45, 7) is 13.6. The van der Waals surface area contributed by atoms with Gasteiger partial charge in [0.15, 0.2) is 0 Å². The smallest absolute Gasteiger partial charge is 0.342 e. The number of esters is 3. The Labute approximate surface area is 245 Å². The van der Waals surface area contributed by atoms with Crippen molar-refractivity contribution in [3.63, 3.8) is 0 Å². The second-order valence-corrected chi connectivity index (χ2v) is 11.1. The zero-order valence-corrected chi connectivity index (χ0v) is 25.4. The van der Waals surface area contributed by atoms with Crippen LogP contribution < -0.4 is 4.74 Å². The van der Waals surface area contributed by atoms with Crippen LogP contribution in [0.25, 0.3) is 0 Å². The number of benzene rings is 1. The largest absolute Gasteiger partial charge is 0.507 e. The summed E-state index contributed by atoms with van der Waals surface area (Å²) >= 11 is 0. The van der Waals surface area contributed by atoms with E-state index in [1.807, 2.05) is 19.9 Å². The molecule has 0 amide bonds. The van der Waals surface area contributed by atoms with E-state index in [0.717, 1.165) is 56.1 Å². The van der Waals surface area contributed by atoms with Crippen molar-refractivity contribution in [3.8, 4) is 11.5 Å². The molecule has 0 spiro atoms. The molecule has 2 radical (unpaired) electrons. The Bertz CT molecular complexity index is 1060. The van der Waals surface area contributed by atoms with E-state index in [2.05, 4.69) is 20.8 Å². The van der Waals surface area contributed by atoms with Crippen molar-refractivity contribution >= 4 is 17.9 Å². The van der Waals surface area contributed by atoms with Crippen LogP contribution in [-0.4, -0.2) is 42.8 Å². The van der Waals surface area contributed by atoms with Gasteiger partial charge in [0.05, 0.1) is 13.7 Å². The minimum Gasteiger partial charge on any atom is -0.507 e. The molecule has 0 fully saturated rings. The maximum atomic E-state index is 12.2. The molecule has 1 unspecified atom stereocenters. The number of cyclic esters (lactones) is 1. The first-order valence-corrected chi connectivity index (χ1v) is 14.8. The number of fused-ring (bicyclic) bond motifs is 1. The van der Waals surface area contributed by atoms with Crippen LogP contribution in [0, 0.1) is 26.7 Å². The molecule has 2 rings (SSSR count). The summed E-state index contributed by atoms with van der Waals surface area (Å²) in [5, 5.41) is 10.7. The Hall–Kier alpha value is -3.03. The molecule has 1 aliphatic rings. The van der Waals surface area contributed by atoms with E-state index in [0.29, 0.717) is 55.1 Å². The van der Waals surface area contributed by atoms with Crippen molar-refractivity contribution in [1.29, 1.82) is 0 Å². The molecule has 1 N–H and O–H groups in total. The second kappa shape index (κ2) is 17.7. The molecular weight excluding hydrogens is 524 g/mol. The third-order valence-electron chi connectivity index (χ3n) is 7.44. The van der Waals surface area contributed by atoms with Gasteiger partial charge < -0.3 is 24.1 Å². The first kappa shape index (κ1) is 34.2. The molecule has 0 saturated carbocycles. The van der Waals surface area contributed by atoms with Crippen LogP contribution in [0.5, 0.6) is 11.5 Å². The second-order valence-electron chi connectivity index (χ2n) is 11.1. The highest BCUT2D eigenvalue weighted by atomic mass is 16.5. The van der Waals surface area contributed by atoms with E-state index < -0.39 is 12.1 Å². The van der Waals surface area contributed by atoms with Gasteiger partial charge in [-0.2, -0.15) is 0 Å². The Morgan fingerprint density at radius 2 is 1.71 bits per heavy atom. The van der Waals surface area contributed by atoms with Gasteiger partial charge >= 0.3 is 17.9 Å². The van der Waals surface area contributed by atoms with E-state index in [9.17, 15) is 19.5 Å². The van der Waals surface area contributed by atoms with Crippen molar-refractivity contribution in [2.45, 2.75) is 111 Å². The van der Waals surface area contributed by atoms with Gasteiger partial charge in [-0.05, 0) is 58.4 Å². The van der Waals surface area contributed by atoms with E-state index in [4.69, 9.17) is 18.9 Å². The van der Waals surface area contributed by atoms with E-state index >= 15 is 0 Å². The Kier molecular flexibility index (Phi) is 14.8. The van der Waals surface area contributed by atoms with Gasteiger partial charge in [0, 0.05) is 24.0 Å². The predicted octanol–water partition coefficient (Wildman–Crippen LogP) is 6.92. The zero-order valence-electron chi connectivity index (χ0n) is 25.4. The summed E-state index contributed by atoms with van der Waals surface area (Å²) in [6.07, 6.45) is 11.6. The summed E-state index contributed by atoms with van der Waals surface area (Å²) in [5.74, 6) is -0.196. The SMILES string of the molecule is [CH2]C([CH2])OC(=O)CC(C)CCCCCCCCCOC(=O)CC/C(C)=C/Cc1c(O)c2c(c(C)c1OC)COC2=O. The molecule has 1 aromatic carbocycles. The number of carbonyl (C=O) groups is 3. The number of carbonyl (C=O) groups excluding carboxylic acids is 3. The molecule has 1 aliphatic heterocycles. The lowest BCUT2D eigenvalue weighted by Gasteiger charge is -2.15. The van der Waals surface area contributed by atoms with Gasteiger partial charge in [-0.25, -0.2) is 4.79 Å². The average molecular weight is 573 g/mol. The van der Waals surface area contributed by atoms with Crippen molar-refractivity contribution < 1.29 is 38.4 Å². The highest BCUT2D eigenvalue weighted by molar-refractivity contribution is 5.98. The molecule has 8 heteroatoms. The zero-order chi connectivity index (χ0) is 30.4. The lowest BCUT2D eigenvalue weighted by atomic mass is 9.94. The molecule has 0 aromatic heterocycles. The van der Waals surface area contributed by atoms with Crippen LogP contribution >= 0.6 is 0 Å². The van der Waals surface area contributed by atoms with Gasteiger partial charge in [0.1, 0.15) is 29.8 Å². The maximum Gasteiger partial charge on any atom is 0.342 e. The van der Waals surface area contributed by atoms with Crippen LogP contribution in [0.3, 0.4) is 0 Å². The van der Waals surface area contributed by atoms with Crippen LogP contribution in [-0.2, 0) is 36.8 Å². The lowest BCUT2D eigenvalue weighted by molar-refractivity contribution is -0.146. The van der Waals surface area contributed by atoms with Crippen molar-refractivity contribution in [2.75, 3.05) is 13.7 Å².